The minimum atomic E-state index is 0.0280. The molecule has 0 aliphatic heterocycles. The van der Waals surface area contributed by atoms with Crippen LogP contribution < -0.4 is 10.1 Å². The SMILES string of the molecule is CNC(c1ccc(OC)cc1Br)c1occc1C. The van der Waals surface area contributed by atoms with E-state index in [4.69, 9.17) is 9.15 Å². The summed E-state index contributed by atoms with van der Waals surface area (Å²) in [4.78, 5) is 0. The number of furan rings is 1. The van der Waals surface area contributed by atoms with Gasteiger partial charge in [0, 0.05) is 4.47 Å². The van der Waals surface area contributed by atoms with Gasteiger partial charge in [-0.3, -0.25) is 0 Å². The van der Waals surface area contributed by atoms with E-state index in [1.165, 1.54) is 0 Å². The predicted molar refractivity (Wildman–Crippen MR) is 75.0 cm³/mol. The topological polar surface area (TPSA) is 34.4 Å². The second-order valence-electron chi connectivity index (χ2n) is 4.08. The van der Waals surface area contributed by atoms with Crippen LogP contribution in [0.2, 0.25) is 0 Å². The molecule has 1 aromatic heterocycles. The standard InChI is InChI=1S/C14H16BrNO2/c1-9-6-7-18-14(9)13(16-2)11-5-4-10(17-3)8-12(11)15/h4-8,13,16H,1-3H3. The molecule has 0 aliphatic rings. The molecule has 0 bridgehead atoms. The summed E-state index contributed by atoms with van der Waals surface area (Å²) >= 11 is 3.58. The van der Waals surface area contributed by atoms with E-state index in [0.717, 1.165) is 27.1 Å². The van der Waals surface area contributed by atoms with E-state index in [1.54, 1.807) is 13.4 Å². The molecule has 18 heavy (non-hydrogen) atoms. The highest BCUT2D eigenvalue weighted by molar-refractivity contribution is 9.10. The number of halogens is 1. The Hall–Kier alpha value is -1.26. The summed E-state index contributed by atoms with van der Waals surface area (Å²) in [6, 6.07) is 7.93. The summed E-state index contributed by atoms with van der Waals surface area (Å²) in [5.41, 5.74) is 2.26. The number of benzene rings is 1. The molecule has 1 unspecified atom stereocenters. The average molecular weight is 310 g/mol. The van der Waals surface area contributed by atoms with Crippen molar-refractivity contribution in [3.63, 3.8) is 0 Å². The Morgan fingerprint density at radius 2 is 2.11 bits per heavy atom. The van der Waals surface area contributed by atoms with Crippen LogP contribution in [0.4, 0.5) is 0 Å². The lowest BCUT2D eigenvalue weighted by Crippen LogP contribution is -2.18. The zero-order valence-corrected chi connectivity index (χ0v) is 12.2. The molecule has 0 spiro atoms. The van der Waals surface area contributed by atoms with Gasteiger partial charge in [-0.15, -0.1) is 0 Å². The molecule has 1 N–H and O–H groups in total. The lowest BCUT2D eigenvalue weighted by Gasteiger charge is -2.17. The largest absolute Gasteiger partial charge is 0.497 e. The first-order chi connectivity index (χ1) is 8.67. The zero-order valence-electron chi connectivity index (χ0n) is 10.7. The molecule has 0 amide bonds. The van der Waals surface area contributed by atoms with Crippen LogP contribution >= 0.6 is 15.9 Å². The summed E-state index contributed by atoms with van der Waals surface area (Å²) < 4.78 is 11.8. The van der Waals surface area contributed by atoms with E-state index in [-0.39, 0.29) is 6.04 Å². The molecule has 2 aromatic rings. The van der Waals surface area contributed by atoms with Crippen molar-refractivity contribution >= 4 is 15.9 Å². The fourth-order valence-corrected chi connectivity index (χ4v) is 2.56. The number of hydrogen-bond acceptors (Lipinski definition) is 3. The van der Waals surface area contributed by atoms with Gasteiger partial charge >= 0.3 is 0 Å². The van der Waals surface area contributed by atoms with Crippen molar-refractivity contribution in [2.45, 2.75) is 13.0 Å². The Bertz CT molecular complexity index is 536. The van der Waals surface area contributed by atoms with E-state index < -0.39 is 0 Å². The predicted octanol–water partition coefficient (Wildman–Crippen LogP) is 3.67. The van der Waals surface area contributed by atoms with Crippen molar-refractivity contribution in [2.24, 2.45) is 0 Å². The molecule has 0 saturated heterocycles. The first kappa shape index (κ1) is 13.2. The second kappa shape index (κ2) is 5.59. The maximum absolute atomic E-state index is 5.57. The molecule has 1 heterocycles. The second-order valence-corrected chi connectivity index (χ2v) is 4.93. The fourth-order valence-electron chi connectivity index (χ4n) is 1.98. The number of rotatable bonds is 4. The van der Waals surface area contributed by atoms with Gasteiger partial charge in [-0.05, 0) is 43.3 Å². The van der Waals surface area contributed by atoms with Gasteiger partial charge < -0.3 is 14.5 Å². The molecule has 0 aliphatic carbocycles. The number of hydrogen-bond donors (Lipinski definition) is 1. The minimum Gasteiger partial charge on any atom is -0.497 e. The molecule has 3 nitrogen and oxygen atoms in total. The monoisotopic (exact) mass is 309 g/mol. The molecule has 0 saturated carbocycles. The molecule has 1 atom stereocenters. The molecule has 2 rings (SSSR count). The van der Waals surface area contributed by atoms with E-state index in [0.29, 0.717) is 0 Å². The smallest absolute Gasteiger partial charge is 0.128 e. The lowest BCUT2D eigenvalue weighted by molar-refractivity contribution is 0.413. The van der Waals surface area contributed by atoms with Crippen LogP contribution in [0, 0.1) is 6.92 Å². The highest BCUT2D eigenvalue weighted by Crippen LogP contribution is 2.32. The third-order valence-electron chi connectivity index (χ3n) is 2.97. The number of aryl methyl sites for hydroxylation is 1. The average Bonchev–Trinajstić information content (AvgIpc) is 2.78. The highest BCUT2D eigenvalue weighted by atomic mass is 79.9. The van der Waals surface area contributed by atoms with Gasteiger partial charge in [0.15, 0.2) is 0 Å². The summed E-state index contributed by atoms with van der Waals surface area (Å²) in [6.45, 7) is 2.04. The van der Waals surface area contributed by atoms with Gasteiger partial charge in [-0.1, -0.05) is 22.0 Å². The normalized spacial score (nSPS) is 12.4. The van der Waals surface area contributed by atoms with Crippen molar-refractivity contribution in [3.8, 4) is 5.75 Å². The van der Waals surface area contributed by atoms with Crippen LogP contribution in [0.15, 0.2) is 39.4 Å². The minimum absolute atomic E-state index is 0.0280. The van der Waals surface area contributed by atoms with Crippen molar-refractivity contribution in [1.29, 1.82) is 0 Å². The molecule has 96 valence electrons. The maximum Gasteiger partial charge on any atom is 0.128 e. The zero-order chi connectivity index (χ0) is 13.1. The van der Waals surface area contributed by atoms with E-state index in [1.807, 2.05) is 38.2 Å². The summed E-state index contributed by atoms with van der Waals surface area (Å²) in [7, 11) is 3.58. The molecular weight excluding hydrogens is 294 g/mol. The summed E-state index contributed by atoms with van der Waals surface area (Å²) in [6.07, 6.45) is 1.71. The Labute approximate surface area is 115 Å². The fraction of sp³-hybridized carbons (Fsp3) is 0.286. The number of ether oxygens (including phenoxy) is 1. The lowest BCUT2D eigenvalue weighted by atomic mass is 10.0. The van der Waals surface area contributed by atoms with Crippen LogP contribution in [0.5, 0.6) is 5.75 Å². The number of methoxy groups -OCH3 is 1. The Balaban J connectivity index is 2.42. The van der Waals surface area contributed by atoms with Gasteiger partial charge in [0.1, 0.15) is 11.5 Å². The van der Waals surface area contributed by atoms with E-state index >= 15 is 0 Å². The third-order valence-corrected chi connectivity index (χ3v) is 3.66. The Morgan fingerprint density at radius 1 is 1.33 bits per heavy atom. The van der Waals surface area contributed by atoms with Crippen molar-refractivity contribution in [2.75, 3.05) is 14.2 Å². The van der Waals surface area contributed by atoms with Gasteiger partial charge in [-0.2, -0.15) is 0 Å². The molecule has 0 radical (unpaired) electrons. The van der Waals surface area contributed by atoms with E-state index in [2.05, 4.69) is 21.2 Å². The highest BCUT2D eigenvalue weighted by Gasteiger charge is 2.20. The van der Waals surface area contributed by atoms with Crippen LogP contribution in [-0.4, -0.2) is 14.2 Å². The Morgan fingerprint density at radius 3 is 2.61 bits per heavy atom. The van der Waals surface area contributed by atoms with Gasteiger partial charge in [0.2, 0.25) is 0 Å². The summed E-state index contributed by atoms with van der Waals surface area (Å²) in [5, 5.41) is 3.28. The van der Waals surface area contributed by atoms with Gasteiger partial charge in [0.25, 0.3) is 0 Å². The van der Waals surface area contributed by atoms with Crippen LogP contribution in [0.25, 0.3) is 0 Å². The maximum atomic E-state index is 5.57. The van der Waals surface area contributed by atoms with Crippen LogP contribution in [0.1, 0.15) is 22.9 Å². The molecule has 1 aromatic carbocycles. The van der Waals surface area contributed by atoms with Gasteiger partial charge in [-0.25, -0.2) is 0 Å². The van der Waals surface area contributed by atoms with E-state index in [9.17, 15) is 0 Å². The molecule has 0 fully saturated rings. The first-order valence-corrected chi connectivity index (χ1v) is 6.51. The van der Waals surface area contributed by atoms with Crippen LogP contribution in [-0.2, 0) is 0 Å². The third kappa shape index (κ3) is 2.44. The molecule has 4 heteroatoms. The first-order valence-electron chi connectivity index (χ1n) is 5.72. The van der Waals surface area contributed by atoms with Crippen molar-refractivity contribution < 1.29 is 9.15 Å². The number of nitrogens with one attached hydrogen (secondary N) is 1. The van der Waals surface area contributed by atoms with Crippen LogP contribution in [0.3, 0.4) is 0 Å². The van der Waals surface area contributed by atoms with Gasteiger partial charge in [0.05, 0.1) is 19.4 Å². The van der Waals surface area contributed by atoms with Crippen molar-refractivity contribution in [3.05, 3.63) is 51.9 Å². The summed E-state index contributed by atoms with van der Waals surface area (Å²) in [5.74, 6) is 1.76. The van der Waals surface area contributed by atoms with Crippen molar-refractivity contribution in [1.82, 2.24) is 5.32 Å². The Kier molecular flexibility index (Phi) is 4.09. The molecular formula is C14H16BrNO2. The quantitative estimate of drug-likeness (QED) is 0.935.